The lowest BCUT2D eigenvalue weighted by Gasteiger charge is -2.09. The molecule has 1 amide bonds. The van der Waals surface area contributed by atoms with Gasteiger partial charge < -0.3 is 5.32 Å². The molecule has 5 nitrogen and oxygen atoms in total. The highest BCUT2D eigenvalue weighted by molar-refractivity contribution is 7.89. The number of carbonyl (C=O) groups is 1. The van der Waals surface area contributed by atoms with Crippen LogP contribution in [0.4, 0.5) is 10.1 Å². The number of hydrogen-bond donors (Lipinski definition) is 2. The van der Waals surface area contributed by atoms with Crippen LogP contribution in [0, 0.1) is 5.82 Å². The Morgan fingerprint density at radius 3 is 2.27 bits per heavy atom. The van der Waals surface area contributed by atoms with Crippen LogP contribution in [-0.4, -0.2) is 14.3 Å². The number of nitrogens with one attached hydrogen (secondary N) is 1. The number of anilines is 1. The van der Waals surface area contributed by atoms with Crippen molar-refractivity contribution in [3.05, 3.63) is 84.2 Å². The third kappa shape index (κ3) is 3.96. The van der Waals surface area contributed by atoms with Crippen molar-refractivity contribution < 1.29 is 17.6 Å². The summed E-state index contributed by atoms with van der Waals surface area (Å²) in [6.07, 6.45) is 0. The van der Waals surface area contributed by atoms with Crippen LogP contribution < -0.4 is 10.5 Å². The van der Waals surface area contributed by atoms with Crippen molar-refractivity contribution >= 4 is 21.6 Å². The van der Waals surface area contributed by atoms with Crippen molar-refractivity contribution in [2.75, 3.05) is 5.32 Å². The molecule has 0 spiro atoms. The molecule has 0 unspecified atom stereocenters. The number of nitrogens with two attached hydrogens (primary N) is 1. The molecule has 3 aromatic carbocycles. The van der Waals surface area contributed by atoms with Crippen LogP contribution in [0.2, 0.25) is 0 Å². The Morgan fingerprint density at radius 2 is 1.62 bits per heavy atom. The topological polar surface area (TPSA) is 89.3 Å². The number of carbonyl (C=O) groups excluding carboxylic acids is 1. The third-order valence-electron chi connectivity index (χ3n) is 3.74. The molecule has 0 aliphatic heterocycles. The maximum Gasteiger partial charge on any atom is 0.258 e. The van der Waals surface area contributed by atoms with Gasteiger partial charge in [0.1, 0.15) is 5.82 Å². The summed E-state index contributed by atoms with van der Waals surface area (Å²) in [5.74, 6) is -1.36. The van der Waals surface area contributed by atoms with Crippen molar-refractivity contribution in [2.45, 2.75) is 4.90 Å². The molecule has 132 valence electrons. The van der Waals surface area contributed by atoms with E-state index in [0.717, 1.165) is 5.56 Å². The number of benzene rings is 3. The van der Waals surface area contributed by atoms with E-state index in [2.05, 4.69) is 5.32 Å². The van der Waals surface area contributed by atoms with Gasteiger partial charge in [0, 0.05) is 5.69 Å². The summed E-state index contributed by atoms with van der Waals surface area (Å²) in [6, 6.07) is 19.0. The molecular formula is C19H15FN2O3S. The Kier molecular flexibility index (Phi) is 4.83. The van der Waals surface area contributed by atoms with Gasteiger partial charge in [-0.05, 0) is 41.5 Å². The third-order valence-corrected chi connectivity index (χ3v) is 4.65. The van der Waals surface area contributed by atoms with E-state index in [9.17, 15) is 17.6 Å². The lowest BCUT2D eigenvalue weighted by Crippen LogP contribution is -2.15. The summed E-state index contributed by atoms with van der Waals surface area (Å²) >= 11 is 0. The van der Waals surface area contributed by atoms with E-state index in [1.165, 1.54) is 36.4 Å². The zero-order chi connectivity index (χ0) is 18.7. The van der Waals surface area contributed by atoms with E-state index in [-0.39, 0.29) is 16.1 Å². The summed E-state index contributed by atoms with van der Waals surface area (Å²) in [5, 5.41) is 7.53. The molecule has 7 heteroatoms. The van der Waals surface area contributed by atoms with Crippen molar-refractivity contribution in [1.29, 1.82) is 0 Å². The summed E-state index contributed by atoms with van der Waals surface area (Å²) in [5.41, 5.74) is 1.54. The summed E-state index contributed by atoms with van der Waals surface area (Å²) in [4.78, 5) is 12.2. The summed E-state index contributed by atoms with van der Waals surface area (Å²) < 4.78 is 37.1. The van der Waals surface area contributed by atoms with Gasteiger partial charge in [-0.3, -0.25) is 4.79 Å². The largest absolute Gasteiger partial charge is 0.322 e. The maximum absolute atomic E-state index is 14.4. The van der Waals surface area contributed by atoms with Crippen LogP contribution in [0.3, 0.4) is 0 Å². The molecule has 3 aromatic rings. The molecule has 26 heavy (non-hydrogen) atoms. The van der Waals surface area contributed by atoms with Gasteiger partial charge in [0.15, 0.2) is 0 Å². The van der Waals surface area contributed by atoms with E-state index in [0.29, 0.717) is 5.56 Å². The molecule has 0 heterocycles. The smallest absolute Gasteiger partial charge is 0.258 e. The molecule has 0 saturated heterocycles. The van der Waals surface area contributed by atoms with Crippen LogP contribution in [0.5, 0.6) is 0 Å². The second-order valence-electron chi connectivity index (χ2n) is 5.59. The maximum atomic E-state index is 14.4. The Bertz CT molecular complexity index is 1070. The summed E-state index contributed by atoms with van der Waals surface area (Å²) in [6.45, 7) is 0. The highest BCUT2D eigenvalue weighted by Crippen LogP contribution is 2.22. The summed E-state index contributed by atoms with van der Waals surface area (Å²) in [7, 11) is -3.90. The Morgan fingerprint density at radius 1 is 0.885 bits per heavy atom. The fraction of sp³-hybridized carbons (Fsp3) is 0. The van der Waals surface area contributed by atoms with Gasteiger partial charge in [0.2, 0.25) is 10.0 Å². The van der Waals surface area contributed by atoms with Gasteiger partial charge in [0.05, 0.1) is 10.5 Å². The first-order valence-corrected chi connectivity index (χ1v) is 9.18. The lowest BCUT2D eigenvalue weighted by atomic mass is 10.0. The second-order valence-corrected chi connectivity index (χ2v) is 7.15. The zero-order valence-electron chi connectivity index (χ0n) is 13.5. The second kappa shape index (κ2) is 7.07. The molecule has 0 bridgehead atoms. The van der Waals surface area contributed by atoms with E-state index in [1.54, 1.807) is 6.07 Å². The molecular weight excluding hydrogens is 355 g/mol. The van der Waals surface area contributed by atoms with Crippen molar-refractivity contribution in [1.82, 2.24) is 0 Å². The molecule has 0 aliphatic carbocycles. The number of sulfonamides is 1. The number of rotatable bonds is 4. The normalized spacial score (nSPS) is 11.2. The van der Waals surface area contributed by atoms with Crippen molar-refractivity contribution in [3.8, 4) is 11.1 Å². The van der Waals surface area contributed by atoms with Crippen LogP contribution in [0.25, 0.3) is 11.1 Å². The van der Waals surface area contributed by atoms with Crippen LogP contribution in [0.1, 0.15) is 10.4 Å². The first kappa shape index (κ1) is 17.8. The Hall–Kier alpha value is -3.03. The zero-order valence-corrected chi connectivity index (χ0v) is 14.3. The molecule has 0 saturated carbocycles. The predicted octanol–water partition coefficient (Wildman–Crippen LogP) is 3.39. The van der Waals surface area contributed by atoms with Crippen molar-refractivity contribution in [3.63, 3.8) is 0 Å². The first-order valence-electron chi connectivity index (χ1n) is 7.64. The SMILES string of the molecule is NS(=O)(=O)c1cccc(NC(=O)c2ccc(-c3ccccc3)cc2F)c1. The monoisotopic (exact) mass is 370 g/mol. The van der Waals surface area contributed by atoms with E-state index in [4.69, 9.17) is 5.14 Å². The molecule has 0 atom stereocenters. The first-order chi connectivity index (χ1) is 12.3. The highest BCUT2D eigenvalue weighted by Gasteiger charge is 2.14. The van der Waals surface area contributed by atoms with E-state index >= 15 is 0 Å². The minimum Gasteiger partial charge on any atom is -0.322 e. The number of primary sulfonamides is 1. The number of halogens is 1. The minimum absolute atomic E-state index is 0.143. The molecule has 3 rings (SSSR count). The Labute approximate surface area is 150 Å². The van der Waals surface area contributed by atoms with Crippen LogP contribution >= 0.6 is 0 Å². The van der Waals surface area contributed by atoms with E-state index in [1.807, 2.05) is 30.3 Å². The van der Waals surface area contributed by atoms with Gasteiger partial charge in [0.25, 0.3) is 5.91 Å². The minimum atomic E-state index is -3.90. The number of amides is 1. The van der Waals surface area contributed by atoms with Gasteiger partial charge in [-0.1, -0.05) is 42.5 Å². The lowest BCUT2D eigenvalue weighted by molar-refractivity contribution is 0.102. The average molecular weight is 370 g/mol. The van der Waals surface area contributed by atoms with E-state index < -0.39 is 21.7 Å². The van der Waals surface area contributed by atoms with Gasteiger partial charge in [-0.2, -0.15) is 0 Å². The predicted molar refractivity (Wildman–Crippen MR) is 97.6 cm³/mol. The van der Waals surface area contributed by atoms with Gasteiger partial charge in [-0.25, -0.2) is 17.9 Å². The standard InChI is InChI=1S/C19H15FN2O3S/c20-18-11-14(13-5-2-1-3-6-13)9-10-17(18)19(23)22-15-7-4-8-16(12-15)26(21,24)25/h1-12H,(H,22,23)(H2,21,24,25). The van der Waals surface area contributed by atoms with Crippen LogP contribution in [-0.2, 0) is 10.0 Å². The molecule has 0 aliphatic rings. The molecule has 3 N–H and O–H groups in total. The average Bonchev–Trinajstić information content (AvgIpc) is 2.62. The van der Waals surface area contributed by atoms with Gasteiger partial charge >= 0.3 is 0 Å². The van der Waals surface area contributed by atoms with Crippen molar-refractivity contribution in [2.24, 2.45) is 5.14 Å². The highest BCUT2D eigenvalue weighted by atomic mass is 32.2. The molecule has 0 aromatic heterocycles. The fourth-order valence-electron chi connectivity index (χ4n) is 2.46. The fourth-order valence-corrected chi connectivity index (χ4v) is 3.02. The van der Waals surface area contributed by atoms with Crippen LogP contribution in [0.15, 0.2) is 77.7 Å². The molecule has 0 fully saturated rings. The number of hydrogen-bond acceptors (Lipinski definition) is 3. The van der Waals surface area contributed by atoms with Gasteiger partial charge in [-0.15, -0.1) is 0 Å². The quantitative estimate of drug-likeness (QED) is 0.738. The Balaban J connectivity index is 1.85. The molecule has 0 radical (unpaired) electrons.